The molecule has 1 rings (SSSR count). The van der Waals surface area contributed by atoms with Crippen LogP contribution >= 0.6 is 0 Å². The number of hydrogen-bond acceptors (Lipinski definition) is 3. The highest BCUT2D eigenvalue weighted by Crippen LogP contribution is 2.10. The van der Waals surface area contributed by atoms with Gasteiger partial charge in [0.1, 0.15) is 6.73 Å². The molecule has 0 unspecified atom stereocenters. The van der Waals surface area contributed by atoms with Crippen molar-refractivity contribution in [2.45, 2.75) is 19.3 Å². The van der Waals surface area contributed by atoms with Crippen molar-refractivity contribution >= 4 is 11.8 Å². The third-order valence-electron chi connectivity index (χ3n) is 1.52. The highest BCUT2D eigenvalue weighted by atomic mass is 16.3. The standard InChI is InChI=1S/C6H9NO3/c8-4-7-5(9)2-1-3-6(7)10/h8H,1-4H2. The van der Waals surface area contributed by atoms with Crippen LogP contribution in [0.15, 0.2) is 0 Å². The molecule has 0 aliphatic carbocycles. The van der Waals surface area contributed by atoms with E-state index in [1.54, 1.807) is 0 Å². The van der Waals surface area contributed by atoms with Crippen LogP contribution in [0, 0.1) is 0 Å². The van der Waals surface area contributed by atoms with Gasteiger partial charge in [-0.1, -0.05) is 0 Å². The molecular formula is C6H9NO3. The highest BCUT2D eigenvalue weighted by molar-refractivity contribution is 5.97. The Morgan fingerprint density at radius 3 is 2.10 bits per heavy atom. The first kappa shape index (κ1) is 7.21. The fourth-order valence-electron chi connectivity index (χ4n) is 0.958. The van der Waals surface area contributed by atoms with Gasteiger partial charge < -0.3 is 5.11 Å². The molecule has 0 atom stereocenters. The van der Waals surface area contributed by atoms with Crippen LogP contribution in [0.2, 0.25) is 0 Å². The highest BCUT2D eigenvalue weighted by Gasteiger charge is 2.24. The van der Waals surface area contributed by atoms with Crippen molar-refractivity contribution in [3.8, 4) is 0 Å². The first-order chi connectivity index (χ1) is 4.75. The van der Waals surface area contributed by atoms with Crippen LogP contribution in [0.4, 0.5) is 0 Å². The van der Waals surface area contributed by atoms with Crippen LogP contribution in [0.5, 0.6) is 0 Å². The van der Waals surface area contributed by atoms with Gasteiger partial charge in [-0.15, -0.1) is 0 Å². The second-order valence-corrected chi connectivity index (χ2v) is 2.21. The molecule has 0 radical (unpaired) electrons. The van der Waals surface area contributed by atoms with Crippen molar-refractivity contribution in [2.75, 3.05) is 6.73 Å². The van der Waals surface area contributed by atoms with Crippen molar-refractivity contribution in [3.05, 3.63) is 0 Å². The molecule has 4 nitrogen and oxygen atoms in total. The fourth-order valence-corrected chi connectivity index (χ4v) is 0.958. The molecule has 1 saturated heterocycles. The van der Waals surface area contributed by atoms with Crippen LogP contribution in [0.3, 0.4) is 0 Å². The summed E-state index contributed by atoms with van der Waals surface area (Å²) in [5, 5.41) is 8.52. The number of amides is 2. The van der Waals surface area contributed by atoms with E-state index in [2.05, 4.69) is 0 Å². The Kier molecular flexibility index (Phi) is 2.01. The maximum atomic E-state index is 10.8. The Balaban J connectivity index is 2.62. The van der Waals surface area contributed by atoms with Gasteiger partial charge in [0.15, 0.2) is 0 Å². The lowest BCUT2D eigenvalue weighted by Gasteiger charge is -2.21. The van der Waals surface area contributed by atoms with Crippen LogP contribution in [-0.4, -0.2) is 28.6 Å². The number of carbonyl (C=O) groups is 2. The topological polar surface area (TPSA) is 57.6 Å². The zero-order valence-corrected chi connectivity index (χ0v) is 5.54. The van der Waals surface area contributed by atoms with Crippen molar-refractivity contribution < 1.29 is 14.7 Å². The van der Waals surface area contributed by atoms with E-state index in [0.29, 0.717) is 19.3 Å². The van der Waals surface area contributed by atoms with Gasteiger partial charge in [-0.3, -0.25) is 14.5 Å². The van der Waals surface area contributed by atoms with Gasteiger partial charge in [-0.2, -0.15) is 0 Å². The monoisotopic (exact) mass is 143 g/mol. The Morgan fingerprint density at radius 1 is 1.30 bits per heavy atom. The smallest absolute Gasteiger partial charge is 0.231 e. The number of likely N-dealkylation sites (tertiary alicyclic amines) is 1. The van der Waals surface area contributed by atoms with Gasteiger partial charge in [0.05, 0.1) is 0 Å². The lowest BCUT2D eigenvalue weighted by Crippen LogP contribution is -2.40. The van der Waals surface area contributed by atoms with E-state index in [1.807, 2.05) is 0 Å². The molecule has 0 saturated carbocycles. The second kappa shape index (κ2) is 2.79. The molecular weight excluding hydrogens is 134 g/mol. The number of carbonyl (C=O) groups excluding carboxylic acids is 2. The van der Waals surface area contributed by atoms with Gasteiger partial charge in [0.2, 0.25) is 11.8 Å². The lowest BCUT2D eigenvalue weighted by atomic mass is 10.1. The first-order valence-corrected chi connectivity index (χ1v) is 3.20. The SMILES string of the molecule is O=C1CCCC(=O)N1CO. The summed E-state index contributed by atoms with van der Waals surface area (Å²) in [5.74, 6) is -0.530. The van der Waals surface area contributed by atoms with E-state index < -0.39 is 6.73 Å². The molecule has 1 aliphatic heterocycles. The normalized spacial score (nSPS) is 19.9. The number of nitrogens with zero attached hydrogens (tertiary/aromatic N) is 1. The minimum Gasteiger partial charge on any atom is -0.376 e. The maximum absolute atomic E-state index is 10.8. The van der Waals surface area contributed by atoms with E-state index in [1.165, 1.54) is 0 Å². The van der Waals surface area contributed by atoms with Gasteiger partial charge in [0, 0.05) is 12.8 Å². The van der Waals surface area contributed by atoms with Gasteiger partial charge in [0.25, 0.3) is 0 Å². The summed E-state index contributed by atoms with van der Waals surface area (Å²) in [4.78, 5) is 22.4. The fraction of sp³-hybridized carbons (Fsp3) is 0.667. The van der Waals surface area contributed by atoms with Crippen LogP contribution in [-0.2, 0) is 9.59 Å². The number of imide groups is 1. The molecule has 1 heterocycles. The van der Waals surface area contributed by atoms with E-state index in [9.17, 15) is 9.59 Å². The zero-order chi connectivity index (χ0) is 7.56. The predicted octanol–water partition coefficient (Wildman–Crippen LogP) is -0.525. The lowest BCUT2D eigenvalue weighted by molar-refractivity contribution is -0.152. The average Bonchev–Trinajstić information content (AvgIpc) is 1.88. The Labute approximate surface area is 58.4 Å². The number of aliphatic hydroxyl groups is 1. The van der Waals surface area contributed by atoms with Crippen LogP contribution in [0.1, 0.15) is 19.3 Å². The summed E-state index contributed by atoms with van der Waals surface area (Å²) in [6.45, 7) is -0.475. The largest absolute Gasteiger partial charge is 0.376 e. The second-order valence-electron chi connectivity index (χ2n) is 2.21. The number of aliphatic hydroxyl groups excluding tert-OH is 1. The minimum atomic E-state index is -0.475. The third-order valence-corrected chi connectivity index (χ3v) is 1.52. The van der Waals surface area contributed by atoms with Crippen molar-refractivity contribution in [2.24, 2.45) is 0 Å². The van der Waals surface area contributed by atoms with E-state index in [-0.39, 0.29) is 11.8 Å². The van der Waals surface area contributed by atoms with Crippen molar-refractivity contribution in [1.82, 2.24) is 4.90 Å². The molecule has 0 aromatic heterocycles. The van der Waals surface area contributed by atoms with E-state index in [4.69, 9.17) is 5.11 Å². The molecule has 2 amide bonds. The molecule has 0 aromatic rings. The molecule has 0 bridgehead atoms. The average molecular weight is 143 g/mol. The van der Waals surface area contributed by atoms with Crippen LogP contribution < -0.4 is 0 Å². The molecule has 0 aromatic carbocycles. The Morgan fingerprint density at radius 2 is 1.80 bits per heavy atom. The molecule has 1 aliphatic rings. The van der Waals surface area contributed by atoms with Crippen molar-refractivity contribution in [3.63, 3.8) is 0 Å². The number of rotatable bonds is 1. The summed E-state index contributed by atoms with van der Waals surface area (Å²) >= 11 is 0. The molecule has 1 N–H and O–H groups in total. The zero-order valence-electron chi connectivity index (χ0n) is 5.54. The third kappa shape index (κ3) is 1.16. The van der Waals surface area contributed by atoms with Gasteiger partial charge in [-0.05, 0) is 6.42 Å². The number of piperidine rings is 1. The summed E-state index contributed by atoms with van der Waals surface area (Å²) in [5.41, 5.74) is 0. The minimum absolute atomic E-state index is 0.265. The first-order valence-electron chi connectivity index (χ1n) is 3.20. The van der Waals surface area contributed by atoms with Gasteiger partial charge >= 0.3 is 0 Å². The Hall–Kier alpha value is -0.900. The summed E-state index contributed by atoms with van der Waals surface area (Å²) in [6, 6.07) is 0. The molecule has 56 valence electrons. The summed E-state index contributed by atoms with van der Waals surface area (Å²) < 4.78 is 0. The van der Waals surface area contributed by atoms with E-state index in [0.717, 1.165) is 4.90 Å². The summed E-state index contributed by atoms with van der Waals surface area (Å²) in [7, 11) is 0. The van der Waals surface area contributed by atoms with Crippen molar-refractivity contribution in [1.29, 1.82) is 0 Å². The van der Waals surface area contributed by atoms with Gasteiger partial charge in [-0.25, -0.2) is 0 Å². The molecule has 1 fully saturated rings. The molecule has 10 heavy (non-hydrogen) atoms. The van der Waals surface area contributed by atoms with Crippen LogP contribution in [0.25, 0.3) is 0 Å². The van der Waals surface area contributed by atoms with E-state index >= 15 is 0 Å². The molecule has 0 spiro atoms. The number of hydrogen-bond donors (Lipinski definition) is 1. The molecule has 4 heteroatoms. The maximum Gasteiger partial charge on any atom is 0.231 e. The predicted molar refractivity (Wildman–Crippen MR) is 32.8 cm³/mol. The quantitative estimate of drug-likeness (QED) is 0.502. The Bertz CT molecular complexity index is 150. The summed E-state index contributed by atoms with van der Waals surface area (Å²) in [6.07, 6.45) is 1.38.